The summed E-state index contributed by atoms with van der Waals surface area (Å²) in [6.45, 7) is 4.84. The molecule has 0 spiro atoms. The zero-order valence-corrected chi connectivity index (χ0v) is 7.91. The van der Waals surface area contributed by atoms with Gasteiger partial charge in [-0.2, -0.15) is 5.26 Å². The molecule has 1 saturated heterocycles. The van der Waals surface area contributed by atoms with Crippen molar-refractivity contribution in [3.63, 3.8) is 0 Å². The van der Waals surface area contributed by atoms with Gasteiger partial charge in [0, 0.05) is 6.61 Å². The van der Waals surface area contributed by atoms with Crippen LogP contribution in [0, 0.1) is 11.3 Å². The molecule has 1 aliphatic heterocycles. The van der Waals surface area contributed by atoms with Gasteiger partial charge in [0.25, 0.3) is 0 Å². The molecule has 0 N–H and O–H groups in total. The largest absolute Gasteiger partial charge is 0.377 e. The zero-order chi connectivity index (χ0) is 9.57. The minimum atomic E-state index is -0.232. The second-order valence-electron chi connectivity index (χ2n) is 3.07. The number of hydrogen-bond acceptors (Lipinski definition) is 4. The van der Waals surface area contributed by atoms with Crippen LogP contribution in [0.1, 0.15) is 13.3 Å². The summed E-state index contributed by atoms with van der Waals surface area (Å²) < 4.78 is 15.9. The molecule has 0 aromatic heterocycles. The molecule has 0 atom stereocenters. The molecule has 0 saturated carbocycles. The number of rotatable bonds is 6. The highest BCUT2D eigenvalue weighted by atomic mass is 16.6. The number of ether oxygens (including phenoxy) is 3. The molecule has 0 aromatic carbocycles. The van der Waals surface area contributed by atoms with Gasteiger partial charge in [-0.25, -0.2) is 0 Å². The van der Waals surface area contributed by atoms with Crippen molar-refractivity contribution in [2.45, 2.75) is 18.9 Å². The second-order valence-corrected chi connectivity index (χ2v) is 3.07. The smallest absolute Gasteiger partial charge is 0.138 e. The molecule has 1 fully saturated rings. The molecule has 13 heavy (non-hydrogen) atoms. The van der Waals surface area contributed by atoms with Crippen LogP contribution < -0.4 is 0 Å². The van der Waals surface area contributed by atoms with Crippen molar-refractivity contribution < 1.29 is 14.2 Å². The van der Waals surface area contributed by atoms with E-state index in [0.29, 0.717) is 39.5 Å². The molecular weight excluding hydrogens is 170 g/mol. The molecule has 4 heteroatoms. The van der Waals surface area contributed by atoms with Gasteiger partial charge in [-0.3, -0.25) is 0 Å². The van der Waals surface area contributed by atoms with Gasteiger partial charge in [-0.05, 0) is 6.92 Å². The Kier molecular flexibility index (Phi) is 4.16. The lowest BCUT2D eigenvalue weighted by Crippen LogP contribution is -2.55. The van der Waals surface area contributed by atoms with Gasteiger partial charge in [0.1, 0.15) is 5.60 Å². The Morgan fingerprint density at radius 2 is 2.31 bits per heavy atom. The highest BCUT2D eigenvalue weighted by Gasteiger charge is 2.39. The minimum absolute atomic E-state index is 0.232. The quantitative estimate of drug-likeness (QED) is 0.572. The lowest BCUT2D eigenvalue weighted by Gasteiger charge is -2.40. The van der Waals surface area contributed by atoms with Crippen LogP contribution in [0.2, 0.25) is 0 Å². The average Bonchev–Trinajstić information content (AvgIpc) is 2.08. The van der Waals surface area contributed by atoms with Crippen LogP contribution in [-0.4, -0.2) is 38.6 Å². The molecule has 0 radical (unpaired) electrons. The van der Waals surface area contributed by atoms with Crippen LogP contribution in [0.25, 0.3) is 0 Å². The lowest BCUT2D eigenvalue weighted by atomic mass is 10.0. The zero-order valence-electron chi connectivity index (χ0n) is 7.91. The molecule has 0 aromatic rings. The predicted molar refractivity (Wildman–Crippen MR) is 46.2 cm³/mol. The Bertz CT molecular complexity index is 184. The fraction of sp³-hybridized carbons (Fsp3) is 0.889. The van der Waals surface area contributed by atoms with E-state index in [-0.39, 0.29) is 5.60 Å². The number of hydrogen-bond donors (Lipinski definition) is 0. The Hall–Kier alpha value is -0.630. The van der Waals surface area contributed by atoms with Gasteiger partial charge >= 0.3 is 0 Å². The SMILES string of the molecule is CCOC1(COCCC#N)COC1. The Balaban J connectivity index is 2.13. The maximum atomic E-state index is 8.28. The van der Waals surface area contributed by atoms with Crippen molar-refractivity contribution in [3.8, 4) is 6.07 Å². The fourth-order valence-corrected chi connectivity index (χ4v) is 1.22. The van der Waals surface area contributed by atoms with E-state index in [1.54, 1.807) is 0 Å². The molecule has 0 unspecified atom stereocenters. The molecule has 1 heterocycles. The van der Waals surface area contributed by atoms with E-state index >= 15 is 0 Å². The minimum Gasteiger partial charge on any atom is -0.377 e. The summed E-state index contributed by atoms with van der Waals surface area (Å²) >= 11 is 0. The first-order valence-electron chi connectivity index (χ1n) is 4.49. The summed E-state index contributed by atoms with van der Waals surface area (Å²) in [4.78, 5) is 0. The fourth-order valence-electron chi connectivity index (χ4n) is 1.22. The van der Waals surface area contributed by atoms with Crippen molar-refractivity contribution in [2.24, 2.45) is 0 Å². The van der Waals surface area contributed by atoms with E-state index in [1.165, 1.54) is 0 Å². The first kappa shape index (κ1) is 10.5. The van der Waals surface area contributed by atoms with Crippen LogP contribution in [0.5, 0.6) is 0 Å². The molecule has 4 nitrogen and oxygen atoms in total. The third-order valence-corrected chi connectivity index (χ3v) is 1.90. The van der Waals surface area contributed by atoms with E-state index in [9.17, 15) is 0 Å². The highest BCUT2D eigenvalue weighted by molar-refractivity contribution is 4.87. The van der Waals surface area contributed by atoms with E-state index < -0.39 is 0 Å². The number of nitrogens with zero attached hydrogens (tertiary/aromatic N) is 1. The average molecular weight is 185 g/mol. The molecule has 0 amide bonds. The summed E-state index contributed by atoms with van der Waals surface area (Å²) in [7, 11) is 0. The first-order valence-corrected chi connectivity index (χ1v) is 4.49. The third kappa shape index (κ3) is 2.96. The maximum absolute atomic E-state index is 8.28. The summed E-state index contributed by atoms with van der Waals surface area (Å²) in [6.07, 6.45) is 0.434. The lowest BCUT2D eigenvalue weighted by molar-refractivity contribution is -0.230. The topological polar surface area (TPSA) is 51.5 Å². The Morgan fingerprint density at radius 1 is 1.54 bits per heavy atom. The van der Waals surface area contributed by atoms with Crippen molar-refractivity contribution in [1.82, 2.24) is 0 Å². The van der Waals surface area contributed by atoms with Crippen molar-refractivity contribution in [3.05, 3.63) is 0 Å². The molecule has 1 aliphatic rings. The third-order valence-electron chi connectivity index (χ3n) is 1.90. The Labute approximate surface area is 78.4 Å². The summed E-state index contributed by atoms with van der Waals surface area (Å²) in [6, 6.07) is 2.02. The Morgan fingerprint density at radius 3 is 2.77 bits per heavy atom. The van der Waals surface area contributed by atoms with Crippen LogP contribution in [0.15, 0.2) is 0 Å². The normalized spacial score (nSPS) is 19.1. The van der Waals surface area contributed by atoms with Crippen molar-refractivity contribution in [1.29, 1.82) is 5.26 Å². The van der Waals surface area contributed by atoms with E-state index in [1.807, 2.05) is 13.0 Å². The molecule has 0 aliphatic carbocycles. The van der Waals surface area contributed by atoms with Crippen molar-refractivity contribution >= 4 is 0 Å². The summed E-state index contributed by atoms with van der Waals surface area (Å²) in [5, 5.41) is 8.28. The van der Waals surface area contributed by atoms with Crippen LogP contribution in [0.3, 0.4) is 0 Å². The van der Waals surface area contributed by atoms with Gasteiger partial charge in [0.15, 0.2) is 0 Å². The molecule has 74 valence electrons. The van der Waals surface area contributed by atoms with Gasteiger partial charge in [0.05, 0.1) is 38.9 Å². The van der Waals surface area contributed by atoms with Crippen LogP contribution in [-0.2, 0) is 14.2 Å². The maximum Gasteiger partial charge on any atom is 0.138 e. The van der Waals surface area contributed by atoms with Crippen molar-refractivity contribution in [2.75, 3.05) is 33.0 Å². The van der Waals surface area contributed by atoms with Gasteiger partial charge in [-0.15, -0.1) is 0 Å². The first-order chi connectivity index (χ1) is 6.33. The van der Waals surface area contributed by atoms with Gasteiger partial charge in [-0.1, -0.05) is 0 Å². The monoisotopic (exact) mass is 185 g/mol. The molecule has 0 bridgehead atoms. The predicted octanol–water partition coefficient (Wildman–Crippen LogP) is 0.722. The van der Waals surface area contributed by atoms with E-state index in [2.05, 4.69) is 0 Å². The summed E-state index contributed by atoms with van der Waals surface area (Å²) in [5.74, 6) is 0. The highest BCUT2D eigenvalue weighted by Crippen LogP contribution is 2.22. The second kappa shape index (κ2) is 5.18. The molecule has 1 rings (SSSR count). The van der Waals surface area contributed by atoms with Crippen LogP contribution >= 0.6 is 0 Å². The standard InChI is InChI=1S/C9H15NO3/c1-2-13-9(7-12-8-9)6-11-5-3-4-10/h2-3,5-8H2,1H3. The van der Waals surface area contributed by atoms with Gasteiger partial charge < -0.3 is 14.2 Å². The van der Waals surface area contributed by atoms with E-state index in [4.69, 9.17) is 19.5 Å². The van der Waals surface area contributed by atoms with Gasteiger partial charge in [0.2, 0.25) is 0 Å². The van der Waals surface area contributed by atoms with Crippen LogP contribution in [0.4, 0.5) is 0 Å². The summed E-state index contributed by atoms with van der Waals surface area (Å²) in [5.41, 5.74) is -0.232. The molecular formula is C9H15NO3. The number of nitriles is 1. The van der Waals surface area contributed by atoms with E-state index in [0.717, 1.165) is 0 Å².